The highest BCUT2D eigenvalue weighted by atomic mass is 35.5. The normalized spacial score (nSPS) is 19.0. The minimum Gasteiger partial charge on any atom is -0.497 e. The van der Waals surface area contributed by atoms with Crippen LogP contribution in [0.4, 0.5) is 0 Å². The Morgan fingerprint density at radius 2 is 2.35 bits per heavy atom. The Morgan fingerprint density at radius 3 is 3.00 bits per heavy atom. The Hall–Kier alpha value is -1.34. The van der Waals surface area contributed by atoms with Crippen LogP contribution in [0.1, 0.15) is 5.56 Å². The van der Waals surface area contributed by atoms with Gasteiger partial charge in [-0.3, -0.25) is 14.6 Å². The highest BCUT2D eigenvalue weighted by Gasteiger charge is 2.23. The van der Waals surface area contributed by atoms with E-state index in [9.17, 15) is 4.79 Å². The molecule has 0 saturated carbocycles. The van der Waals surface area contributed by atoms with Gasteiger partial charge in [-0.25, -0.2) is 0 Å². The summed E-state index contributed by atoms with van der Waals surface area (Å²) in [5.41, 5.74) is 1.05. The first-order valence-electron chi connectivity index (χ1n) is 7.54. The molecule has 0 bridgehead atoms. The predicted octanol–water partition coefficient (Wildman–Crippen LogP) is 1.57. The van der Waals surface area contributed by atoms with Gasteiger partial charge < -0.3 is 14.6 Å². The largest absolute Gasteiger partial charge is 0.497 e. The van der Waals surface area contributed by atoms with Crippen LogP contribution in [0.2, 0.25) is 5.02 Å². The number of halogens is 1. The molecule has 0 aliphatic carbocycles. The van der Waals surface area contributed by atoms with E-state index < -0.39 is 5.97 Å². The number of morpholine rings is 1. The predicted molar refractivity (Wildman–Crippen MR) is 88.2 cm³/mol. The van der Waals surface area contributed by atoms with E-state index in [2.05, 4.69) is 4.90 Å². The second kappa shape index (κ2) is 8.49. The van der Waals surface area contributed by atoms with E-state index in [0.29, 0.717) is 18.2 Å². The van der Waals surface area contributed by atoms with Crippen molar-refractivity contribution in [2.45, 2.75) is 12.6 Å². The van der Waals surface area contributed by atoms with Gasteiger partial charge in [-0.05, 0) is 24.7 Å². The zero-order valence-corrected chi connectivity index (χ0v) is 14.3. The monoisotopic (exact) mass is 342 g/mol. The van der Waals surface area contributed by atoms with E-state index in [0.717, 1.165) is 30.9 Å². The SMILES string of the molecule is COc1ccc(CN2CCOC(CN(C)CC(=O)O)C2)c(Cl)c1. The average molecular weight is 343 g/mol. The van der Waals surface area contributed by atoms with Gasteiger partial charge in [0.15, 0.2) is 0 Å². The molecule has 0 spiro atoms. The number of aliphatic carboxylic acids is 1. The summed E-state index contributed by atoms with van der Waals surface area (Å²) in [6, 6.07) is 5.69. The summed E-state index contributed by atoms with van der Waals surface area (Å²) in [6.07, 6.45) is 0.00474. The van der Waals surface area contributed by atoms with E-state index in [-0.39, 0.29) is 12.6 Å². The van der Waals surface area contributed by atoms with Crippen LogP contribution in [-0.4, -0.2) is 73.9 Å². The lowest BCUT2D eigenvalue weighted by molar-refractivity contribution is -0.138. The molecule has 1 aromatic carbocycles. The molecule has 1 saturated heterocycles. The molecule has 1 N–H and O–H groups in total. The van der Waals surface area contributed by atoms with E-state index in [1.54, 1.807) is 19.1 Å². The lowest BCUT2D eigenvalue weighted by Gasteiger charge is -2.34. The van der Waals surface area contributed by atoms with Crippen LogP contribution in [0.15, 0.2) is 18.2 Å². The molecule has 1 aliphatic heterocycles. The maximum atomic E-state index is 10.7. The number of ether oxygens (including phenoxy) is 2. The molecular formula is C16H23ClN2O4. The molecule has 0 radical (unpaired) electrons. The number of carboxylic acid groups (broad SMARTS) is 1. The van der Waals surface area contributed by atoms with Crippen LogP contribution in [-0.2, 0) is 16.1 Å². The summed E-state index contributed by atoms with van der Waals surface area (Å²) in [4.78, 5) is 14.8. The average Bonchev–Trinajstić information content (AvgIpc) is 2.48. The molecule has 0 amide bonds. The van der Waals surface area contributed by atoms with Gasteiger partial charge in [0.2, 0.25) is 0 Å². The number of benzene rings is 1. The summed E-state index contributed by atoms with van der Waals surface area (Å²) in [5.74, 6) is -0.0842. The molecule has 6 nitrogen and oxygen atoms in total. The Balaban J connectivity index is 1.90. The van der Waals surface area contributed by atoms with Crippen molar-refractivity contribution < 1.29 is 19.4 Å². The van der Waals surface area contributed by atoms with Crippen molar-refractivity contribution in [2.75, 3.05) is 46.9 Å². The first-order valence-corrected chi connectivity index (χ1v) is 7.92. The van der Waals surface area contributed by atoms with Crippen molar-refractivity contribution in [3.05, 3.63) is 28.8 Å². The molecule has 23 heavy (non-hydrogen) atoms. The number of methoxy groups -OCH3 is 1. The van der Waals surface area contributed by atoms with Crippen molar-refractivity contribution in [1.29, 1.82) is 0 Å². The Kier molecular flexibility index (Phi) is 6.65. The maximum Gasteiger partial charge on any atom is 0.317 e. The smallest absolute Gasteiger partial charge is 0.317 e. The molecule has 1 aromatic rings. The van der Waals surface area contributed by atoms with Crippen LogP contribution >= 0.6 is 11.6 Å². The molecule has 0 aromatic heterocycles. The highest BCUT2D eigenvalue weighted by Crippen LogP contribution is 2.24. The second-order valence-electron chi connectivity index (χ2n) is 5.78. The van der Waals surface area contributed by atoms with Crippen LogP contribution in [0.25, 0.3) is 0 Å². The highest BCUT2D eigenvalue weighted by molar-refractivity contribution is 6.31. The minimum atomic E-state index is -0.829. The number of carbonyl (C=O) groups is 1. The quantitative estimate of drug-likeness (QED) is 0.811. The van der Waals surface area contributed by atoms with Crippen molar-refractivity contribution in [2.24, 2.45) is 0 Å². The van der Waals surface area contributed by atoms with Crippen molar-refractivity contribution in [3.8, 4) is 5.75 Å². The number of carboxylic acids is 1. The molecular weight excluding hydrogens is 320 g/mol. The lowest BCUT2D eigenvalue weighted by Crippen LogP contribution is -2.47. The number of nitrogens with zero attached hydrogens (tertiary/aromatic N) is 2. The first kappa shape index (κ1) is 18.0. The van der Waals surface area contributed by atoms with E-state index in [4.69, 9.17) is 26.2 Å². The van der Waals surface area contributed by atoms with E-state index in [1.165, 1.54) is 0 Å². The van der Waals surface area contributed by atoms with Gasteiger partial charge in [-0.1, -0.05) is 17.7 Å². The summed E-state index contributed by atoms with van der Waals surface area (Å²) in [7, 11) is 3.41. The van der Waals surface area contributed by atoms with Crippen LogP contribution in [0.5, 0.6) is 5.75 Å². The zero-order chi connectivity index (χ0) is 16.8. The third-order valence-electron chi connectivity index (χ3n) is 3.80. The Labute approximate surface area is 141 Å². The van der Waals surface area contributed by atoms with Gasteiger partial charge >= 0.3 is 5.97 Å². The topological polar surface area (TPSA) is 62.2 Å². The fourth-order valence-electron chi connectivity index (χ4n) is 2.70. The van der Waals surface area contributed by atoms with Gasteiger partial charge in [0.05, 0.1) is 26.4 Å². The summed E-state index contributed by atoms with van der Waals surface area (Å²) in [6.45, 7) is 3.59. The third-order valence-corrected chi connectivity index (χ3v) is 4.15. The van der Waals surface area contributed by atoms with Crippen LogP contribution in [0.3, 0.4) is 0 Å². The van der Waals surface area contributed by atoms with E-state index in [1.807, 2.05) is 18.2 Å². The van der Waals surface area contributed by atoms with Gasteiger partial charge in [0.1, 0.15) is 5.75 Å². The first-order chi connectivity index (χ1) is 11.0. The van der Waals surface area contributed by atoms with Crippen LogP contribution in [0, 0.1) is 0 Å². The summed E-state index contributed by atoms with van der Waals surface area (Å²) >= 11 is 6.29. The molecule has 1 fully saturated rings. The zero-order valence-electron chi connectivity index (χ0n) is 13.5. The van der Waals surface area contributed by atoms with Crippen molar-refractivity contribution in [1.82, 2.24) is 9.80 Å². The standard InChI is InChI=1S/C16H23ClN2O4/c1-18(11-16(20)21)9-14-10-19(5-6-23-14)8-12-3-4-13(22-2)7-15(12)17/h3-4,7,14H,5-6,8-11H2,1-2H3,(H,20,21). The molecule has 128 valence electrons. The van der Waals surface area contributed by atoms with Crippen molar-refractivity contribution in [3.63, 3.8) is 0 Å². The third kappa shape index (κ3) is 5.66. The molecule has 1 unspecified atom stereocenters. The lowest BCUT2D eigenvalue weighted by atomic mass is 10.1. The Bertz CT molecular complexity index is 541. The van der Waals surface area contributed by atoms with E-state index >= 15 is 0 Å². The summed E-state index contributed by atoms with van der Waals surface area (Å²) < 4.78 is 10.9. The van der Waals surface area contributed by atoms with Gasteiger partial charge in [0.25, 0.3) is 0 Å². The van der Waals surface area contributed by atoms with Crippen molar-refractivity contribution >= 4 is 17.6 Å². The number of rotatable bonds is 7. The minimum absolute atomic E-state index is 0.00474. The fraction of sp³-hybridized carbons (Fsp3) is 0.562. The number of hydrogen-bond donors (Lipinski definition) is 1. The Morgan fingerprint density at radius 1 is 1.57 bits per heavy atom. The number of hydrogen-bond acceptors (Lipinski definition) is 5. The maximum absolute atomic E-state index is 10.7. The number of likely N-dealkylation sites (N-methyl/N-ethyl adjacent to an activating group) is 1. The molecule has 7 heteroatoms. The van der Waals surface area contributed by atoms with Crippen LogP contribution < -0.4 is 4.74 Å². The molecule has 1 atom stereocenters. The molecule has 2 rings (SSSR count). The summed E-state index contributed by atoms with van der Waals surface area (Å²) in [5, 5.41) is 9.51. The fourth-order valence-corrected chi connectivity index (χ4v) is 2.93. The second-order valence-corrected chi connectivity index (χ2v) is 6.18. The molecule has 1 heterocycles. The molecule has 1 aliphatic rings. The van der Waals surface area contributed by atoms with Gasteiger partial charge in [-0.15, -0.1) is 0 Å². The van der Waals surface area contributed by atoms with Gasteiger partial charge in [0, 0.05) is 31.2 Å². The van der Waals surface area contributed by atoms with Gasteiger partial charge in [-0.2, -0.15) is 0 Å².